The fourth-order valence-corrected chi connectivity index (χ4v) is 2.76. The Labute approximate surface area is 145 Å². The molecule has 0 fully saturated rings. The Balaban J connectivity index is 1.84. The minimum Gasteiger partial charge on any atom is -0.276 e. The molecule has 25 heavy (non-hydrogen) atoms. The number of pyridine rings is 2. The van der Waals surface area contributed by atoms with Gasteiger partial charge in [0.15, 0.2) is 0 Å². The molecule has 4 heterocycles. The number of aryl methyl sites for hydroxylation is 1. The first-order chi connectivity index (χ1) is 12.2. The van der Waals surface area contributed by atoms with E-state index >= 15 is 0 Å². The molecule has 0 amide bonds. The first-order valence-corrected chi connectivity index (χ1v) is 8.15. The van der Waals surface area contributed by atoms with Crippen LogP contribution < -0.4 is 0 Å². The summed E-state index contributed by atoms with van der Waals surface area (Å²) < 4.78 is 1.88. The van der Waals surface area contributed by atoms with Crippen molar-refractivity contribution in [3.05, 3.63) is 55.1 Å². The van der Waals surface area contributed by atoms with E-state index in [0.717, 1.165) is 51.2 Å². The summed E-state index contributed by atoms with van der Waals surface area (Å²) >= 11 is 0. The van der Waals surface area contributed by atoms with Crippen LogP contribution in [0.4, 0.5) is 0 Å². The maximum atomic E-state index is 4.52. The minimum absolute atomic E-state index is 0.810. The fraction of sp³-hybridized carbons (Fsp3) is 0.158. The van der Waals surface area contributed by atoms with Gasteiger partial charge in [-0.1, -0.05) is 12.2 Å². The Morgan fingerprint density at radius 3 is 2.84 bits per heavy atom. The standard InChI is InChI=1S/C19H18N6/c1-4-25-11-14(9-22-25)16-8-15-18(10-21-16)23-24-19(15)17-7-13(12(2)3)5-6-20-17/h5-11H,2,4H2,1,3H3,(H,23,24). The molecule has 6 heteroatoms. The maximum absolute atomic E-state index is 4.52. The second-order valence-corrected chi connectivity index (χ2v) is 5.98. The molecule has 0 aliphatic carbocycles. The predicted octanol–water partition coefficient (Wildman–Crippen LogP) is 3.94. The van der Waals surface area contributed by atoms with Gasteiger partial charge in [0, 0.05) is 29.9 Å². The van der Waals surface area contributed by atoms with Gasteiger partial charge in [-0.25, -0.2) is 0 Å². The van der Waals surface area contributed by atoms with E-state index in [1.165, 1.54) is 0 Å². The SMILES string of the molecule is C=C(C)c1ccnc(-c2n[nH]c3cnc(-c4cnn(CC)c4)cc23)c1. The van der Waals surface area contributed by atoms with Gasteiger partial charge in [0.05, 0.1) is 29.3 Å². The van der Waals surface area contributed by atoms with Gasteiger partial charge < -0.3 is 0 Å². The Morgan fingerprint density at radius 1 is 1.20 bits per heavy atom. The molecule has 4 aromatic heterocycles. The highest BCUT2D eigenvalue weighted by Crippen LogP contribution is 2.29. The van der Waals surface area contributed by atoms with Gasteiger partial charge >= 0.3 is 0 Å². The number of nitrogens with zero attached hydrogens (tertiary/aromatic N) is 5. The van der Waals surface area contributed by atoms with E-state index in [1.807, 2.05) is 42.2 Å². The van der Waals surface area contributed by atoms with Crippen LogP contribution in [0.1, 0.15) is 19.4 Å². The smallest absolute Gasteiger partial charge is 0.118 e. The molecule has 0 aliphatic heterocycles. The van der Waals surface area contributed by atoms with Crippen LogP contribution in [0.3, 0.4) is 0 Å². The third-order valence-electron chi connectivity index (χ3n) is 4.20. The maximum Gasteiger partial charge on any atom is 0.118 e. The molecule has 4 aromatic rings. The molecule has 0 radical (unpaired) electrons. The number of rotatable bonds is 4. The van der Waals surface area contributed by atoms with Crippen LogP contribution in [0, 0.1) is 0 Å². The fourth-order valence-electron chi connectivity index (χ4n) is 2.76. The number of fused-ring (bicyclic) bond motifs is 1. The molecular formula is C19H18N6. The number of nitrogens with one attached hydrogen (secondary N) is 1. The van der Waals surface area contributed by atoms with Crippen LogP contribution in [-0.4, -0.2) is 29.9 Å². The number of aromatic amines is 1. The van der Waals surface area contributed by atoms with Crippen molar-refractivity contribution in [1.29, 1.82) is 0 Å². The van der Waals surface area contributed by atoms with Crippen LogP contribution in [0.25, 0.3) is 39.1 Å². The van der Waals surface area contributed by atoms with E-state index in [-0.39, 0.29) is 0 Å². The highest BCUT2D eigenvalue weighted by Gasteiger charge is 2.13. The molecule has 0 saturated carbocycles. The molecule has 0 bridgehead atoms. The van der Waals surface area contributed by atoms with Crippen molar-refractivity contribution in [1.82, 2.24) is 29.9 Å². The molecule has 0 aromatic carbocycles. The highest BCUT2D eigenvalue weighted by atomic mass is 15.3. The second-order valence-electron chi connectivity index (χ2n) is 5.98. The molecule has 0 aliphatic rings. The van der Waals surface area contributed by atoms with E-state index in [9.17, 15) is 0 Å². The Hall–Kier alpha value is -3.28. The molecule has 0 saturated heterocycles. The van der Waals surface area contributed by atoms with Gasteiger partial charge in [-0.2, -0.15) is 10.2 Å². The summed E-state index contributed by atoms with van der Waals surface area (Å²) in [5, 5.41) is 12.8. The molecule has 6 nitrogen and oxygen atoms in total. The molecule has 1 N–H and O–H groups in total. The number of hydrogen-bond acceptors (Lipinski definition) is 4. The van der Waals surface area contributed by atoms with Gasteiger partial charge in [0.2, 0.25) is 0 Å². The Bertz CT molecular complexity index is 1070. The first-order valence-electron chi connectivity index (χ1n) is 8.15. The average molecular weight is 330 g/mol. The molecule has 0 atom stereocenters. The zero-order valence-electron chi connectivity index (χ0n) is 14.2. The summed E-state index contributed by atoms with van der Waals surface area (Å²) in [6.07, 6.45) is 7.41. The van der Waals surface area contributed by atoms with Gasteiger partial charge in [0.1, 0.15) is 5.69 Å². The lowest BCUT2D eigenvalue weighted by Gasteiger charge is -2.03. The third-order valence-corrected chi connectivity index (χ3v) is 4.20. The normalized spacial score (nSPS) is 11.1. The molecular weight excluding hydrogens is 312 g/mol. The van der Waals surface area contributed by atoms with Crippen molar-refractivity contribution in [2.75, 3.05) is 0 Å². The number of hydrogen-bond donors (Lipinski definition) is 1. The predicted molar refractivity (Wildman–Crippen MR) is 98.7 cm³/mol. The van der Waals surface area contributed by atoms with Crippen LogP contribution in [-0.2, 0) is 6.54 Å². The van der Waals surface area contributed by atoms with Crippen molar-refractivity contribution < 1.29 is 0 Å². The van der Waals surface area contributed by atoms with Crippen LogP contribution in [0.15, 0.2) is 49.6 Å². The zero-order valence-corrected chi connectivity index (χ0v) is 14.2. The Kier molecular flexibility index (Phi) is 3.65. The topological polar surface area (TPSA) is 72.3 Å². The second kappa shape index (κ2) is 5.98. The molecule has 4 rings (SSSR count). The van der Waals surface area contributed by atoms with E-state index in [2.05, 4.69) is 38.8 Å². The molecule has 0 unspecified atom stereocenters. The molecule has 0 spiro atoms. The zero-order chi connectivity index (χ0) is 17.4. The van der Waals surface area contributed by atoms with E-state index in [1.54, 1.807) is 12.4 Å². The van der Waals surface area contributed by atoms with Gasteiger partial charge in [-0.3, -0.25) is 19.7 Å². The summed E-state index contributed by atoms with van der Waals surface area (Å²) in [6.45, 7) is 8.87. The van der Waals surface area contributed by atoms with Crippen LogP contribution in [0.5, 0.6) is 0 Å². The summed E-state index contributed by atoms with van der Waals surface area (Å²) in [7, 11) is 0. The van der Waals surface area contributed by atoms with Gasteiger partial charge in [0.25, 0.3) is 0 Å². The molecule has 124 valence electrons. The third kappa shape index (κ3) is 2.71. The number of H-pyrrole nitrogens is 1. The van der Waals surface area contributed by atoms with Gasteiger partial charge in [-0.05, 0) is 37.6 Å². The summed E-state index contributed by atoms with van der Waals surface area (Å²) in [5.41, 5.74) is 6.41. The first kappa shape index (κ1) is 15.3. The van der Waals surface area contributed by atoms with Gasteiger partial charge in [-0.15, -0.1) is 0 Å². The summed E-state index contributed by atoms with van der Waals surface area (Å²) in [5.74, 6) is 0. The van der Waals surface area contributed by atoms with Crippen molar-refractivity contribution in [3.8, 4) is 22.6 Å². The highest BCUT2D eigenvalue weighted by molar-refractivity contribution is 5.93. The summed E-state index contributed by atoms with van der Waals surface area (Å²) in [4.78, 5) is 8.99. The lowest BCUT2D eigenvalue weighted by Crippen LogP contribution is -1.92. The van der Waals surface area contributed by atoms with Crippen molar-refractivity contribution >= 4 is 16.5 Å². The van der Waals surface area contributed by atoms with E-state index < -0.39 is 0 Å². The van der Waals surface area contributed by atoms with Crippen molar-refractivity contribution in [2.24, 2.45) is 0 Å². The summed E-state index contributed by atoms with van der Waals surface area (Å²) in [6, 6.07) is 5.99. The lowest BCUT2D eigenvalue weighted by molar-refractivity contribution is 0.660. The number of aromatic nitrogens is 6. The average Bonchev–Trinajstić information content (AvgIpc) is 3.28. The largest absolute Gasteiger partial charge is 0.276 e. The minimum atomic E-state index is 0.810. The van der Waals surface area contributed by atoms with Crippen LogP contribution in [0.2, 0.25) is 0 Å². The van der Waals surface area contributed by atoms with Crippen molar-refractivity contribution in [3.63, 3.8) is 0 Å². The quantitative estimate of drug-likeness (QED) is 0.615. The number of allylic oxidation sites excluding steroid dienone is 1. The van der Waals surface area contributed by atoms with Crippen molar-refractivity contribution in [2.45, 2.75) is 20.4 Å². The van der Waals surface area contributed by atoms with E-state index in [0.29, 0.717) is 0 Å². The monoisotopic (exact) mass is 330 g/mol. The lowest BCUT2D eigenvalue weighted by atomic mass is 10.1. The van der Waals surface area contributed by atoms with E-state index in [4.69, 9.17) is 0 Å². The Morgan fingerprint density at radius 2 is 2.08 bits per heavy atom. The van der Waals surface area contributed by atoms with Crippen LogP contribution >= 0.6 is 0 Å².